The fourth-order valence-corrected chi connectivity index (χ4v) is 2.39. The Morgan fingerprint density at radius 1 is 1.18 bits per heavy atom. The van der Waals surface area contributed by atoms with Crippen LogP contribution in [0.4, 0.5) is 8.78 Å². The monoisotopic (exact) mass is 364 g/mol. The summed E-state index contributed by atoms with van der Waals surface area (Å²) in [6.07, 6.45) is 0. The zero-order chi connectivity index (χ0) is 12.6. The van der Waals surface area contributed by atoms with E-state index in [1.165, 1.54) is 19.1 Å². The molecule has 1 aromatic carbocycles. The second-order valence-electron chi connectivity index (χ2n) is 3.63. The van der Waals surface area contributed by atoms with Gasteiger partial charge in [-0.1, -0.05) is 15.9 Å². The van der Waals surface area contributed by atoms with Crippen LogP contribution in [0.15, 0.2) is 33.4 Å². The normalized spacial score (nSPS) is 12.8. The topological polar surface area (TPSA) is 13.1 Å². The van der Waals surface area contributed by atoms with E-state index in [0.29, 0.717) is 10.4 Å². The Balaban J connectivity index is 2.43. The molecule has 0 amide bonds. The Morgan fingerprint density at radius 2 is 1.88 bits per heavy atom. The van der Waals surface area contributed by atoms with Crippen LogP contribution in [0.5, 0.6) is 0 Å². The standard InChI is InChI=1S/C12H8Br2F2O/c1-6-4-9(16)7(5-8(6)15)12(14)10-2-3-11(13)17-10/h2-5,12H,1H3. The molecule has 5 heteroatoms. The van der Waals surface area contributed by atoms with Gasteiger partial charge in [0.25, 0.3) is 0 Å². The summed E-state index contributed by atoms with van der Waals surface area (Å²) < 4.78 is 33.0. The molecule has 17 heavy (non-hydrogen) atoms. The maximum atomic E-state index is 13.7. The first kappa shape index (κ1) is 12.8. The molecule has 1 unspecified atom stereocenters. The van der Waals surface area contributed by atoms with Crippen LogP contribution >= 0.6 is 31.9 Å². The largest absolute Gasteiger partial charge is 0.453 e. The van der Waals surface area contributed by atoms with E-state index >= 15 is 0 Å². The van der Waals surface area contributed by atoms with Crippen molar-refractivity contribution in [3.63, 3.8) is 0 Å². The van der Waals surface area contributed by atoms with Crippen molar-refractivity contribution in [3.05, 3.63) is 57.5 Å². The molecule has 0 fully saturated rings. The summed E-state index contributed by atoms with van der Waals surface area (Å²) in [5, 5.41) is 0. The highest BCUT2D eigenvalue weighted by Crippen LogP contribution is 2.35. The van der Waals surface area contributed by atoms with Crippen molar-refractivity contribution < 1.29 is 13.2 Å². The first-order valence-corrected chi connectivity index (χ1v) is 6.54. The number of benzene rings is 1. The van der Waals surface area contributed by atoms with Crippen molar-refractivity contribution in [1.29, 1.82) is 0 Å². The highest BCUT2D eigenvalue weighted by molar-refractivity contribution is 9.10. The first-order chi connectivity index (χ1) is 7.99. The van der Waals surface area contributed by atoms with Crippen molar-refractivity contribution in [2.24, 2.45) is 0 Å². The lowest BCUT2D eigenvalue weighted by Crippen LogP contribution is -1.98. The second-order valence-corrected chi connectivity index (χ2v) is 5.32. The van der Waals surface area contributed by atoms with E-state index < -0.39 is 16.5 Å². The third-order valence-corrected chi connectivity index (χ3v) is 3.77. The number of aryl methyl sites for hydroxylation is 1. The van der Waals surface area contributed by atoms with Crippen molar-refractivity contribution in [1.82, 2.24) is 0 Å². The van der Waals surface area contributed by atoms with Crippen LogP contribution in [0, 0.1) is 18.6 Å². The van der Waals surface area contributed by atoms with Crippen LogP contribution in [0.1, 0.15) is 21.7 Å². The Hall–Kier alpha value is -0.680. The molecule has 0 bridgehead atoms. The molecule has 0 N–H and O–H groups in total. The van der Waals surface area contributed by atoms with Gasteiger partial charge in [0.2, 0.25) is 0 Å². The number of halogens is 4. The summed E-state index contributed by atoms with van der Waals surface area (Å²) in [5.41, 5.74) is 0.501. The third kappa shape index (κ3) is 2.60. The lowest BCUT2D eigenvalue weighted by Gasteiger charge is -2.10. The SMILES string of the molecule is Cc1cc(F)c(C(Br)c2ccc(Br)o2)cc1F. The molecule has 1 atom stereocenters. The minimum Gasteiger partial charge on any atom is -0.453 e. The van der Waals surface area contributed by atoms with Gasteiger partial charge in [0.15, 0.2) is 4.67 Å². The predicted molar refractivity (Wildman–Crippen MR) is 68.3 cm³/mol. The smallest absolute Gasteiger partial charge is 0.169 e. The molecule has 2 aromatic rings. The van der Waals surface area contributed by atoms with Crippen molar-refractivity contribution >= 4 is 31.9 Å². The van der Waals surface area contributed by atoms with Gasteiger partial charge in [-0.05, 0) is 52.7 Å². The summed E-state index contributed by atoms with van der Waals surface area (Å²) in [6.45, 7) is 1.52. The zero-order valence-electron chi connectivity index (χ0n) is 8.81. The van der Waals surface area contributed by atoms with E-state index in [9.17, 15) is 8.78 Å². The molecule has 2 rings (SSSR count). The van der Waals surface area contributed by atoms with E-state index in [4.69, 9.17) is 4.42 Å². The van der Waals surface area contributed by atoms with Gasteiger partial charge in [-0.15, -0.1) is 0 Å². The summed E-state index contributed by atoms with van der Waals surface area (Å²) >= 11 is 6.46. The fourth-order valence-electron chi connectivity index (χ4n) is 1.47. The molecule has 0 aliphatic heterocycles. The highest BCUT2D eigenvalue weighted by atomic mass is 79.9. The van der Waals surface area contributed by atoms with Gasteiger partial charge >= 0.3 is 0 Å². The predicted octanol–water partition coefficient (Wildman–Crippen LogP) is 5.11. The minimum absolute atomic E-state index is 0.218. The molecule has 0 saturated carbocycles. The van der Waals surface area contributed by atoms with Gasteiger partial charge in [0.1, 0.15) is 22.2 Å². The highest BCUT2D eigenvalue weighted by Gasteiger charge is 2.19. The summed E-state index contributed by atoms with van der Waals surface area (Å²) in [4.78, 5) is -0.510. The maximum Gasteiger partial charge on any atom is 0.169 e. The lowest BCUT2D eigenvalue weighted by molar-refractivity contribution is 0.491. The average Bonchev–Trinajstić information content (AvgIpc) is 2.69. The number of rotatable bonds is 2. The van der Waals surface area contributed by atoms with Crippen LogP contribution < -0.4 is 0 Å². The molecule has 1 nitrogen and oxygen atoms in total. The van der Waals surface area contributed by atoms with E-state index in [1.54, 1.807) is 12.1 Å². The quantitative estimate of drug-likeness (QED) is 0.674. The molecule has 0 radical (unpaired) electrons. The molecule has 0 spiro atoms. The third-order valence-electron chi connectivity index (χ3n) is 2.39. The van der Waals surface area contributed by atoms with Crippen molar-refractivity contribution in [3.8, 4) is 0 Å². The number of hydrogen-bond donors (Lipinski definition) is 0. The summed E-state index contributed by atoms with van der Waals surface area (Å²) in [6, 6.07) is 5.75. The Bertz CT molecular complexity index is 551. The molecule has 1 heterocycles. The van der Waals surface area contributed by atoms with Gasteiger partial charge in [0, 0.05) is 5.56 Å². The van der Waals surface area contributed by atoms with Crippen molar-refractivity contribution in [2.75, 3.05) is 0 Å². The Morgan fingerprint density at radius 3 is 2.47 bits per heavy atom. The number of hydrogen-bond acceptors (Lipinski definition) is 1. The van der Waals surface area contributed by atoms with E-state index in [0.717, 1.165) is 0 Å². The van der Waals surface area contributed by atoms with Crippen LogP contribution in [0.2, 0.25) is 0 Å². The molecular weight excluding hydrogens is 358 g/mol. The number of furan rings is 1. The Labute approximate surface area is 114 Å². The van der Waals surface area contributed by atoms with Crippen LogP contribution in [-0.2, 0) is 0 Å². The molecule has 0 aliphatic carbocycles. The van der Waals surface area contributed by atoms with Crippen LogP contribution in [-0.4, -0.2) is 0 Å². The van der Waals surface area contributed by atoms with E-state index in [-0.39, 0.29) is 11.1 Å². The lowest BCUT2D eigenvalue weighted by atomic mass is 10.1. The van der Waals surface area contributed by atoms with Crippen LogP contribution in [0.25, 0.3) is 0 Å². The molecular formula is C12H8Br2F2O. The molecule has 0 saturated heterocycles. The molecule has 1 aromatic heterocycles. The minimum atomic E-state index is -0.510. The van der Waals surface area contributed by atoms with Gasteiger partial charge in [-0.25, -0.2) is 8.78 Å². The zero-order valence-corrected chi connectivity index (χ0v) is 12.0. The molecule has 0 aliphatic rings. The molecule has 90 valence electrons. The van der Waals surface area contributed by atoms with Gasteiger partial charge < -0.3 is 4.42 Å². The second kappa shape index (κ2) is 4.90. The van der Waals surface area contributed by atoms with E-state index in [1.807, 2.05) is 0 Å². The van der Waals surface area contributed by atoms with Gasteiger partial charge in [-0.3, -0.25) is 0 Å². The summed E-state index contributed by atoms with van der Waals surface area (Å²) in [7, 11) is 0. The van der Waals surface area contributed by atoms with Crippen LogP contribution in [0.3, 0.4) is 0 Å². The summed E-state index contributed by atoms with van der Waals surface area (Å²) in [5.74, 6) is -0.381. The van der Waals surface area contributed by atoms with E-state index in [2.05, 4.69) is 31.9 Å². The van der Waals surface area contributed by atoms with Crippen molar-refractivity contribution in [2.45, 2.75) is 11.8 Å². The Kier molecular flexibility index (Phi) is 3.68. The maximum absolute atomic E-state index is 13.7. The fraction of sp³-hybridized carbons (Fsp3) is 0.167. The first-order valence-electron chi connectivity index (χ1n) is 4.84. The average molecular weight is 366 g/mol. The van der Waals surface area contributed by atoms with Gasteiger partial charge in [-0.2, -0.15) is 0 Å². The number of alkyl halides is 1. The van der Waals surface area contributed by atoms with Gasteiger partial charge in [0.05, 0.1) is 0 Å².